The van der Waals surface area contributed by atoms with E-state index in [4.69, 9.17) is 0 Å². The minimum absolute atomic E-state index is 0.764. The predicted molar refractivity (Wildman–Crippen MR) is 71.2 cm³/mol. The third-order valence-electron chi connectivity index (χ3n) is 5.21. The molecule has 3 fully saturated rings. The third kappa shape index (κ3) is 2.38. The van der Waals surface area contributed by atoms with Crippen molar-refractivity contribution in [1.29, 1.82) is 0 Å². The molecule has 3 heteroatoms. The van der Waals surface area contributed by atoms with Crippen LogP contribution in [0.2, 0.25) is 0 Å². The number of hydrogen-bond acceptors (Lipinski definition) is 3. The van der Waals surface area contributed by atoms with Crippen molar-refractivity contribution in [2.75, 3.05) is 39.3 Å². The Hall–Kier alpha value is -0.120. The lowest BCUT2D eigenvalue weighted by Gasteiger charge is -2.45. The molecule has 0 aromatic carbocycles. The van der Waals surface area contributed by atoms with Gasteiger partial charge in [0.15, 0.2) is 0 Å². The van der Waals surface area contributed by atoms with Gasteiger partial charge in [0.25, 0.3) is 0 Å². The lowest BCUT2D eigenvalue weighted by atomic mass is 9.88. The Morgan fingerprint density at radius 2 is 2.12 bits per heavy atom. The van der Waals surface area contributed by atoms with Crippen molar-refractivity contribution in [3.05, 3.63) is 0 Å². The lowest BCUT2D eigenvalue weighted by Crippen LogP contribution is -2.57. The number of piperazine rings is 1. The van der Waals surface area contributed by atoms with Gasteiger partial charge < -0.3 is 5.32 Å². The molecule has 0 radical (unpaired) electrons. The Bertz CT molecular complexity index is 264. The van der Waals surface area contributed by atoms with E-state index in [0.717, 1.165) is 23.9 Å². The van der Waals surface area contributed by atoms with Crippen LogP contribution in [0.3, 0.4) is 0 Å². The summed E-state index contributed by atoms with van der Waals surface area (Å²) in [4.78, 5) is 5.48. The maximum absolute atomic E-state index is 3.40. The first-order chi connectivity index (χ1) is 8.24. The van der Waals surface area contributed by atoms with E-state index >= 15 is 0 Å². The maximum Gasteiger partial charge on any atom is 0.0224 e. The first-order valence-electron chi connectivity index (χ1n) is 7.43. The number of nitrogens with one attached hydrogen (secondary N) is 1. The van der Waals surface area contributed by atoms with Gasteiger partial charge in [-0.05, 0) is 51.2 Å². The van der Waals surface area contributed by atoms with Crippen LogP contribution >= 0.6 is 0 Å². The summed E-state index contributed by atoms with van der Waals surface area (Å²) in [7, 11) is 0. The Morgan fingerprint density at radius 3 is 2.82 bits per heavy atom. The minimum atomic E-state index is 0.764. The molecule has 3 heterocycles. The summed E-state index contributed by atoms with van der Waals surface area (Å²) in [6.45, 7) is 12.7. The van der Waals surface area contributed by atoms with Gasteiger partial charge in [0.05, 0.1) is 0 Å². The second-order valence-corrected chi connectivity index (χ2v) is 6.49. The molecular formula is C14H27N3. The zero-order chi connectivity index (χ0) is 11.8. The number of fused-ring (bicyclic) bond motifs is 1. The molecule has 17 heavy (non-hydrogen) atoms. The monoisotopic (exact) mass is 237 g/mol. The highest BCUT2D eigenvalue weighted by Gasteiger charge is 2.35. The normalized spacial score (nSPS) is 37.8. The van der Waals surface area contributed by atoms with Gasteiger partial charge in [0.1, 0.15) is 0 Å². The first-order valence-corrected chi connectivity index (χ1v) is 7.43. The second kappa shape index (κ2) is 4.87. The van der Waals surface area contributed by atoms with Gasteiger partial charge in [0.2, 0.25) is 0 Å². The van der Waals surface area contributed by atoms with Crippen molar-refractivity contribution >= 4 is 0 Å². The van der Waals surface area contributed by atoms with Gasteiger partial charge in [-0.15, -0.1) is 0 Å². The van der Waals surface area contributed by atoms with Crippen molar-refractivity contribution in [3.8, 4) is 0 Å². The first kappa shape index (κ1) is 11.9. The van der Waals surface area contributed by atoms with Gasteiger partial charge in [-0.25, -0.2) is 0 Å². The second-order valence-electron chi connectivity index (χ2n) is 6.49. The standard InChI is InChI=1S/C14H27N3/c1-11(13-6-15-7-13)8-17-10-14-4-3-5-16(14)9-12(17)2/h11-15H,3-10H2,1-2H3. The van der Waals surface area contributed by atoms with Crippen LogP contribution in [0, 0.1) is 11.8 Å². The summed E-state index contributed by atoms with van der Waals surface area (Å²) in [5.41, 5.74) is 0. The van der Waals surface area contributed by atoms with Gasteiger partial charge in [-0.2, -0.15) is 0 Å². The van der Waals surface area contributed by atoms with Crippen LogP contribution in [0.15, 0.2) is 0 Å². The predicted octanol–water partition coefficient (Wildman–Crippen LogP) is 1.01. The maximum atomic E-state index is 3.40. The molecule has 3 aliphatic heterocycles. The molecule has 3 nitrogen and oxygen atoms in total. The molecule has 3 aliphatic rings. The van der Waals surface area contributed by atoms with Crippen molar-refractivity contribution < 1.29 is 0 Å². The molecule has 98 valence electrons. The molecule has 0 aromatic rings. The highest BCUT2D eigenvalue weighted by Crippen LogP contribution is 2.26. The largest absolute Gasteiger partial charge is 0.316 e. The fourth-order valence-corrected chi connectivity index (χ4v) is 3.73. The lowest BCUT2D eigenvalue weighted by molar-refractivity contribution is 0.0384. The van der Waals surface area contributed by atoms with E-state index in [1.54, 1.807) is 0 Å². The SMILES string of the molecule is CC(CN1CC2CCCN2CC1C)C1CNC1. The van der Waals surface area contributed by atoms with E-state index in [-0.39, 0.29) is 0 Å². The van der Waals surface area contributed by atoms with Crippen LogP contribution < -0.4 is 5.32 Å². The minimum Gasteiger partial charge on any atom is -0.316 e. The van der Waals surface area contributed by atoms with Crippen LogP contribution in [0.1, 0.15) is 26.7 Å². The number of rotatable bonds is 3. The summed E-state index contributed by atoms with van der Waals surface area (Å²) in [6.07, 6.45) is 2.86. The third-order valence-corrected chi connectivity index (χ3v) is 5.21. The van der Waals surface area contributed by atoms with E-state index in [0.29, 0.717) is 0 Å². The molecule has 3 saturated heterocycles. The smallest absolute Gasteiger partial charge is 0.0224 e. The van der Waals surface area contributed by atoms with Crippen molar-refractivity contribution in [2.24, 2.45) is 11.8 Å². The van der Waals surface area contributed by atoms with Crippen LogP contribution in [-0.2, 0) is 0 Å². The van der Waals surface area contributed by atoms with E-state index in [9.17, 15) is 0 Å². The van der Waals surface area contributed by atoms with Crippen molar-refractivity contribution in [2.45, 2.75) is 38.8 Å². The van der Waals surface area contributed by atoms with E-state index < -0.39 is 0 Å². The Kier molecular flexibility index (Phi) is 3.42. The summed E-state index contributed by atoms with van der Waals surface area (Å²) in [5, 5.41) is 3.40. The van der Waals surface area contributed by atoms with E-state index in [1.165, 1.54) is 52.1 Å². The van der Waals surface area contributed by atoms with Gasteiger partial charge in [-0.1, -0.05) is 6.92 Å². The number of nitrogens with zero attached hydrogens (tertiary/aromatic N) is 2. The number of hydrogen-bond donors (Lipinski definition) is 1. The Balaban J connectivity index is 1.55. The highest BCUT2D eigenvalue weighted by atomic mass is 15.3. The Morgan fingerprint density at radius 1 is 1.29 bits per heavy atom. The molecule has 3 rings (SSSR count). The summed E-state index contributed by atoms with van der Waals surface area (Å²) >= 11 is 0. The zero-order valence-electron chi connectivity index (χ0n) is 11.4. The quantitative estimate of drug-likeness (QED) is 0.790. The topological polar surface area (TPSA) is 18.5 Å². The summed E-state index contributed by atoms with van der Waals surface area (Å²) in [6, 6.07) is 1.64. The molecule has 1 N–H and O–H groups in total. The highest BCUT2D eigenvalue weighted by molar-refractivity contribution is 4.92. The molecule has 3 unspecified atom stereocenters. The molecule has 0 aliphatic carbocycles. The zero-order valence-corrected chi connectivity index (χ0v) is 11.4. The van der Waals surface area contributed by atoms with Gasteiger partial charge in [-0.3, -0.25) is 9.80 Å². The van der Waals surface area contributed by atoms with Crippen molar-refractivity contribution in [3.63, 3.8) is 0 Å². The van der Waals surface area contributed by atoms with Gasteiger partial charge in [0, 0.05) is 31.7 Å². The van der Waals surface area contributed by atoms with Crippen LogP contribution in [0.4, 0.5) is 0 Å². The van der Waals surface area contributed by atoms with E-state index in [1.807, 2.05) is 0 Å². The average molecular weight is 237 g/mol. The summed E-state index contributed by atoms with van der Waals surface area (Å²) in [5.74, 6) is 1.80. The fourth-order valence-electron chi connectivity index (χ4n) is 3.73. The van der Waals surface area contributed by atoms with Crippen LogP contribution in [0.5, 0.6) is 0 Å². The molecule has 0 spiro atoms. The molecule has 0 aromatic heterocycles. The molecular weight excluding hydrogens is 210 g/mol. The van der Waals surface area contributed by atoms with E-state index in [2.05, 4.69) is 29.0 Å². The molecule has 0 amide bonds. The van der Waals surface area contributed by atoms with Crippen LogP contribution in [0.25, 0.3) is 0 Å². The molecule has 0 saturated carbocycles. The van der Waals surface area contributed by atoms with Gasteiger partial charge >= 0.3 is 0 Å². The molecule has 0 bridgehead atoms. The molecule has 3 atom stereocenters. The van der Waals surface area contributed by atoms with Crippen molar-refractivity contribution in [1.82, 2.24) is 15.1 Å². The summed E-state index contributed by atoms with van der Waals surface area (Å²) < 4.78 is 0. The average Bonchev–Trinajstić information content (AvgIpc) is 2.62. The van der Waals surface area contributed by atoms with Crippen LogP contribution in [-0.4, -0.2) is 61.2 Å². The fraction of sp³-hybridized carbons (Fsp3) is 1.00. The Labute approximate surface area is 106 Å².